The lowest BCUT2D eigenvalue weighted by atomic mass is 9.78. The molecule has 0 aliphatic rings. The van der Waals surface area contributed by atoms with Gasteiger partial charge in [-0.05, 0) is 30.2 Å². The molecule has 1 nitrogen and oxygen atoms in total. The predicted molar refractivity (Wildman–Crippen MR) is 75.0 cm³/mol. The van der Waals surface area contributed by atoms with Crippen LogP contribution < -0.4 is 0 Å². The van der Waals surface area contributed by atoms with Crippen molar-refractivity contribution in [2.24, 2.45) is 0 Å². The molecule has 0 fully saturated rings. The molecule has 0 N–H and O–H groups in total. The van der Waals surface area contributed by atoms with Gasteiger partial charge in [-0.15, -0.1) is 0 Å². The van der Waals surface area contributed by atoms with Crippen molar-refractivity contribution in [3.05, 3.63) is 71.0 Å². The number of hydrogen-bond donors (Lipinski definition) is 0. The van der Waals surface area contributed by atoms with E-state index in [1.807, 2.05) is 24.3 Å². The van der Waals surface area contributed by atoms with Crippen molar-refractivity contribution >= 4 is 5.78 Å². The number of Topliss-reactive ketones (excluding diaryl/α,β-unsaturated/α-hetero) is 1. The average Bonchev–Trinajstić information content (AvgIpc) is 2.39. The molecular formula is C17H17FO. The van der Waals surface area contributed by atoms with Gasteiger partial charge in [-0.1, -0.05) is 50.2 Å². The molecule has 0 radical (unpaired) electrons. The van der Waals surface area contributed by atoms with Gasteiger partial charge in [0.05, 0.1) is 0 Å². The first-order chi connectivity index (χ1) is 8.91. The summed E-state index contributed by atoms with van der Waals surface area (Å²) in [5.74, 6) is -0.169. The zero-order valence-electron chi connectivity index (χ0n) is 11.4. The third kappa shape index (κ3) is 2.73. The number of benzene rings is 2. The zero-order valence-corrected chi connectivity index (χ0v) is 11.4. The Balaban J connectivity index is 2.38. The summed E-state index contributed by atoms with van der Waals surface area (Å²) in [5, 5.41) is 0. The van der Waals surface area contributed by atoms with Crippen LogP contribution in [0, 0.1) is 5.82 Å². The van der Waals surface area contributed by atoms with Crippen molar-refractivity contribution in [1.29, 1.82) is 0 Å². The number of hydrogen-bond acceptors (Lipinski definition) is 1. The molecule has 0 aromatic heterocycles. The third-order valence-electron chi connectivity index (χ3n) is 3.58. The van der Waals surface area contributed by atoms with Crippen LogP contribution in [0.1, 0.15) is 42.3 Å². The van der Waals surface area contributed by atoms with Crippen molar-refractivity contribution in [1.82, 2.24) is 0 Å². The first-order valence-corrected chi connectivity index (χ1v) is 6.29. The van der Waals surface area contributed by atoms with Crippen molar-refractivity contribution in [3.8, 4) is 0 Å². The van der Waals surface area contributed by atoms with E-state index in [2.05, 4.69) is 13.8 Å². The number of rotatable bonds is 3. The Kier molecular flexibility index (Phi) is 3.52. The van der Waals surface area contributed by atoms with E-state index in [1.54, 1.807) is 19.1 Å². The smallest absolute Gasteiger partial charge is 0.159 e. The molecule has 0 aliphatic carbocycles. The molecule has 0 saturated carbocycles. The number of halogens is 1. The van der Waals surface area contributed by atoms with E-state index in [0.29, 0.717) is 5.56 Å². The van der Waals surface area contributed by atoms with Crippen LogP contribution >= 0.6 is 0 Å². The van der Waals surface area contributed by atoms with Gasteiger partial charge in [-0.25, -0.2) is 4.39 Å². The maximum absolute atomic E-state index is 13.0. The van der Waals surface area contributed by atoms with Gasteiger partial charge in [-0.3, -0.25) is 4.79 Å². The van der Waals surface area contributed by atoms with Crippen LogP contribution in [0.2, 0.25) is 0 Å². The normalized spacial score (nSPS) is 11.4. The van der Waals surface area contributed by atoms with Gasteiger partial charge in [0.2, 0.25) is 0 Å². The number of carbonyl (C=O) groups excluding carboxylic acids is 1. The van der Waals surface area contributed by atoms with Crippen molar-refractivity contribution < 1.29 is 9.18 Å². The molecule has 2 rings (SSSR count). The SMILES string of the molecule is CC(=O)c1ccc(C(C)(C)c2ccc(F)cc2)cc1. The molecule has 0 amide bonds. The van der Waals surface area contributed by atoms with Crippen LogP contribution in [0.15, 0.2) is 48.5 Å². The number of carbonyl (C=O) groups is 1. The second kappa shape index (κ2) is 4.96. The van der Waals surface area contributed by atoms with Gasteiger partial charge in [0, 0.05) is 11.0 Å². The highest BCUT2D eigenvalue weighted by molar-refractivity contribution is 5.94. The molecular weight excluding hydrogens is 239 g/mol. The van der Waals surface area contributed by atoms with Crippen molar-refractivity contribution in [2.75, 3.05) is 0 Å². The summed E-state index contributed by atoms with van der Waals surface area (Å²) in [6.45, 7) is 5.73. The zero-order chi connectivity index (χ0) is 14.0. The minimum absolute atomic E-state index is 0.0612. The molecule has 2 aromatic carbocycles. The van der Waals surface area contributed by atoms with Crippen molar-refractivity contribution in [3.63, 3.8) is 0 Å². The Bertz CT molecular complexity index is 580. The van der Waals surface area contributed by atoms with Gasteiger partial charge in [0.15, 0.2) is 5.78 Å². The lowest BCUT2D eigenvalue weighted by Crippen LogP contribution is -2.18. The third-order valence-corrected chi connectivity index (χ3v) is 3.58. The van der Waals surface area contributed by atoms with Crippen molar-refractivity contribution in [2.45, 2.75) is 26.2 Å². The summed E-state index contributed by atoms with van der Waals surface area (Å²) in [4.78, 5) is 11.3. The van der Waals surface area contributed by atoms with E-state index in [1.165, 1.54) is 12.1 Å². The monoisotopic (exact) mass is 256 g/mol. The fraction of sp³-hybridized carbons (Fsp3) is 0.235. The molecule has 0 spiro atoms. The standard InChI is InChI=1S/C17H17FO/c1-12(19)13-4-6-14(7-5-13)17(2,3)15-8-10-16(18)11-9-15/h4-11H,1-3H3. The quantitative estimate of drug-likeness (QED) is 0.746. The van der Waals surface area contributed by atoms with Crippen LogP contribution in [-0.2, 0) is 5.41 Å². The topological polar surface area (TPSA) is 17.1 Å². The van der Waals surface area contributed by atoms with Crippen LogP contribution in [-0.4, -0.2) is 5.78 Å². The van der Waals surface area contributed by atoms with E-state index in [0.717, 1.165) is 11.1 Å². The van der Waals surface area contributed by atoms with Crippen LogP contribution in [0.5, 0.6) is 0 Å². The molecule has 2 heteroatoms. The lowest BCUT2D eigenvalue weighted by Gasteiger charge is -2.26. The molecule has 0 bridgehead atoms. The maximum atomic E-state index is 13.0. The Labute approximate surface area is 113 Å². The average molecular weight is 256 g/mol. The fourth-order valence-corrected chi connectivity index (χ4v) is 2.15. The highest BCUT2D eigenvalue weighted by atomic mass is 19.1. The first-order valence-electron chi connectivity index (χ1n) is 6.29. The lowest BCUT2D eigenvalue weighted by molar-refractivity contribution is 0.101. The van der Waals surface area contributed by atoms with Crippen LogP contribution in [0.25, 0.3) is 0 Å². The van der Waals surface area contributed by atoms with Crippen LogP contribution in [0.4, 0.5) is 4.39 Å². The molecule has 98 valence electrons. The summed E-state index contributed by atoms with van der Waals surface area (Å²) in [7, 11) is 0. The second-order valence-corrected chi connectivity index (χ2v) is 5.27. The molecule has 0 saturated heterocycles. The molecule has 2 aromatic rings. The molecule has 0 aliphatic heterocycles. The summed E-state index contributed by atoms with van der Waals surface area (Å²) >= 11 is 0. The predicted octanol–water partition coefficient (Wildman–Crippen LogP) is 4.35. The number of ketones is 1. The molecule has 0 heterocycles. The van der Waals surface area contributed by atoms with Gasteiger partial charge in [-0.2, -0.15) is 0 Å². The van der Waals surface area contributed by atoms with Gasteiger partial charge >= 0.3 is 0 Å². The largest absolute Gasteiger partial charge is 0.295 e. The Morgan fingerprint density at radius 3 is 1.74 bits per heavy atom. The second-order valence-electron chi connectivity index (χ2n) is 5.27. The molecule has 0 unspecified atom stereocenters. The van der Waals surface area contributed by atoms with E-state index >= 15 is 0 Å². The fourth-order valence-electron chi connectivity index (χ4n) is 2.15. The van der Waals surface area contributed by atoms with E-state index in [9.17, 15) is 9.18 Å². The molecule has 19 heavy (non-hydrogen) atoms. The Hall–Kier alpha value is -1.96. The van der Waals surface area contributed by atoms with E-state index in [4.69, 9.17) is 0 Å². The van der Waals surface area contributed by atoms with Gasteiger partial charge < -0.3 is 0 Å². The highest BCUT2D eigenvalue weighted by Crippen LogP contribution is 2.31. The summed E-state index contributed by atoms with van der Waals surface area (Å²) in [5.41, 5.74) is 2.63. The Morgan fingerprint density at radius 2 is 1.32 bits per heavy atom. The minimum Gasteiger partial charge on any atom is -0.295 e. The summed E-state index contributed by atoms with van der Waals surface area (Å²) < 4.78 is 13.0. The maximum Gasteiger partial charge on any atom is 0.159 e. The van der Waals surface area contributed by atoms with Gasteiger partial charge in [0.1, 0.15) is 5.82 Å². The summed E-state index contributed by atoms with van der Waals surface area (Å²) in [6.07, 6.45) is 0. The van der Waals surface area contributed by atoms with Gasteiger partial charge in [0.25, 0.3) is 0 Å². The summed E-state index contributed by atoms with van der Waals surface area (Å²) in [6, 6.07) is 14.1. The van der Waals surface area contributed by atoms with E-state index in [-0.39, 0.29) is 17.0 Å². The first kappa shape index (κ1) is 13.5. The molecule has 0 atom stereocenters. The Morgan fingerprint density at radius 1 is 0.895 bits per heavy atom. The minimum atomic E-state index is -0.230. The highest BCUT2D eigenvalue weighted by Gasteiger charge is 2.23. The van der Waals surface area contributed by atoms with E-state index < -0.39 is 0 Å². The van der Waals surface area contributed by atoms with Crippen LogP contribution in [0.3, 0.4) is 0 Å².